The quantitative estimate of drug-likeness (QED) is 0.670. The van der Waals surface area contributed by atoms with Crippen LogP contribution in [-0.4, -0.2) is 40.8 Å². The van der Waals surface area contributed by atoms with Crippen molar-refractivity contribution in [2.24, 2.45) is 0 Å². The zero-order chi connectivity index (χ0) is 17.8. The Balaban J connectivity index is 2.06. The second-order valence-electron chi connectivity index (χ2n) is 5.23. The average molecular weight is 342 g/mol. The van der Waals surface area contributed by atoms with Gasteiger partial charge in [-0.2, -0.15) is 0 Å². The molecule has 3 aromatic rings. The fourth-order valence-electron chi connectivity index (χ4n) is 2.62. The lowest BCUT2D eigenvalue weighted by molar-refractivity contribution is 0.326. The predicted octanol–water partition coefficient (Wildman–Crippen LogP) is 1.45. The third kappa shape index (κ3) is 3.10. The number of methoxy groups -OCH3 is 3. The molecule has 0 amide bonds. The normalized spacial score (nSPS) is 10.7. The monoisotopic (exact) mass is 342 g/mol. The maximum atomic E-state index is 12.8. The lowest BCUT2D eigenvalue weighted by atomic mass is 10.2. The molecule has 0 radical (unpaired) electrons. The van der Waals surface area contributed by atoms with Gasteiger partial charge in [0.1, 0.15) is 5.52 Å². The molecule has 0 unspecified atom stereocenters. The Labute approximate surface area is 144 Å². The minimum atomic E-state index is -0.187. The molecule has 3 rings (SSSR count). The van der Waals surface area contributed by atoms with Crippen LogP contribution in [0.25, 0.3) is 10.9 Å². The van der Waals surface area contributed by atoms with Gasteiger partial charge in [-0.05, 0) is 6.07 Å². The Bertz CT molecular complexity index is 941. The summed E-state index contributed by atoms with van der Waals surface area (Å²) >= 11 is 0. The summed E-state index contributed by atoms with van der Waals surface area (Å²) in [6, 6.07) is 1.62. The number of nitrogens with zero attached hydrogens (tertiary/aromatic N) is 4. The minimum Gasteiger partial charge on any atom is -0.493 e. The van der Waals surface area contributed by atoms with Crippen molar-refractivity contribution in [3.63, 3.8) is 0 Å². The summed E-state index contributed by atoms with van der Waals surface area (Å²) in [5.41, 5.74) is 1.05. The van der Waals surface area contributed by atoms with Crippen molar-refractivity contribution in [3.05, 3.63) is 47.0 Å². The molecule has 0 atom stereocenters. The molecule has 130 valence electrons. The Morgan fingerprint density at radius 1 is 1.04 bits per heavy atom. The molecule has 0 saturated heterocycles. The van der Waals surface area contributed by atoms with E-state index < -0.39 is 0 Å². The molecule has 8 heteroatoms. The van der Waals surface area contributed by atoms with Crippen LogP contribution in [0.1, 0.15) is 5.69 Å². The first-order chi connectivity index (χ1) is 12.2. The SMILES string of the molecule is COc1cc2c(=O)n(CCc3cnccn3)cnc2c(OC)c1OC. The molecule has 1 aromatic carbocycles. The van der Waals surface area contributed by atoms with E-state index in [1.54, 1.807) is 24.7 Å². The smallest absolute Gasteiger partial charge is 0.261 e. The maximum Gasteiger partial charge on any atom is 0.261 e. The molecule has 25 heavy (non-hydrogen) atoms. The summed E-state index contributed by atoms with van der Waals surface area (Å²) in [6.07, 6.45) is 6.98. The Hall–Kier alpha value is -3.16. The van der Waals surface area contributed by atoms with Gasteiger partial charge >= 0.3 is 0 Å². The first kappa shape index (κ1) is 16.7. The van der Waals surface area contributed by atoms with Gasteiger partial charge in [0.2, 0.25) is 5.75 Å². The van der Waals surface area contributed by atoms with E-state index in [1.807, 2.05) is 0 Å². The lowest BCUT2D eigenvalue weighted by Gasteiger charge is -2.14. The van der Waals surface area contributed by atoms with Gasteiger partial charge in [0.05, 0.1) is 38.7 Å². The lowest BCUT2D eigenvalue weighted by Crippen LogP contribution is -2.22. The Kier molecular flexibility index (Phi) is 4.78. The number of hydrogen-bond acceptors (Lipinski definition) is 7. The van der Waals surface area contributed by atoms with Gasteiger partial charge < -0.3 is 14.2 Å². The van der Waals surface area contributed by atoms with Crippen LogP contribution in [0.3, 0.4) is 0 Å². The molecule has 2 heterocycles. The zero-order valence-electron chi connectivity index (χ0n) is 14.2. The van der Waals surface area contributed by atoms with E-state index in [9.17, 15) is 4.79 Å². The Morgan fingerprint density at radius 2 is 1.84 bits per heavy atom. The highest BCUT2D eigenvalue weighted by atomic mass is 16.5. The predicted molar refractivity (Wildman–Crippen MR) is 91.4 cm³/mol. The van der Waals surface area contributed by atoms with Crippen molar-refractivity contribution >= 4 is 10.9 Å². The molecule has 2 aromatic heterocycles. The van der Waals surface area contributed by atoms with Crippen LogP contribution >= 0.6 is 0 Å². The molecule has 0 saturated carbocycles. The van der Waals surface area contributed by atoms with E-state index in [-0.39, 0.29) is 5.56 Å². The van der Waals surface area contributed by atoms with Crippen molar-refractivity contribution in [1.29, 1.82) is 0 Å². The molecule has 0 aliphatic heterocycles. The fraction of sp³-hybridized carbons (Fsp3) is 0.294. The van der Waals surface area contributed by atoms with Gasteiger partial charge in [-0.15, -0.1) is 0 Å². The number of hydrogen-bond donors (Lipinski definition) is 0. The zero-order valence-corrected chi connectivity index (χ0v) is 14.2. The fourth-order valence-corrected chi connectivity index (χ4v) is 2.62. The summed E-state index contributed by atoms with van der Waals surface area (Å²) < 4.78 is 17.6. The van der Waals surface area contributed by atoms with Crippen molar-refractivity contribution in [1.82, 2.24) is 19.5 Å². The first-order valence-corrected chi connectivity index (χ1v) is 7.62. The number of aromatic nitrogens is 4. The average Bonchev–Trinajstić information content (AvgIpc) is 2.66. The summed E-state index contributed by atoms with van der Waals surface area (Å²) in [5.74, 6) is 1.19. The van der Waals surface area contributed by atoms with E-state index in [0.29, 0.717) is 41.1 Å². The standard InChI is InChI=1S/C17H18N4O4/c1-23-13-8-12-14(16(25-3)15(13)24-2)20-10-21(17(12)22)7-4-11-9-18-5-6-19-11/h5-6,8-10H,4,7H2,1-3H3. The summed E-state index contributed by atoms with van der Waals surface area (Å²) in [6.45, 7) is 0.442. The van der Waals surface area contributed by atoms with Crippen molar-refractivity contribution in [3.8, 4) is 17.2 Å². The molecular formula is C17H18N4O4. The molecule has 8 nitrogen and oxygen atoms in total. The molecule has 0 spiro atoms. The van der Waals surface area contributed by atoms with Crippen molar-refractivity contribution < 1.29 is 14.2 Å². The molecular weight excluding hydrogens is 324 g/mol. The summed E-state index contributed by atoms with van der Waals surface area (Å²) in [4.78, 5) is 25.4. The van der Waals surface area contributed by atoms with Crippen LogP contribution in [0.2, 0.25) is 0 Å². The maximum absolute atomic E-state index is 12.8. The van der Waals surface area contributed by atoms with E-state index in [2.05, 4.69) is 15.0 Å². The number of aryl methyl sites for hydroxylation is 2. The minimum absolute atomic E-state index is 0.187. The second kappa shape index (κ2) is 7.16. The van der Waals surface area contributed by atoms with E-state index >= 15 is 0 Å². The number of fused-ring (bicyclic) bond motifs is 1. The van der Waals surface area contributed by atoms with E-state index in [0.717, 1.165) is 5.69 Å². The van der Waals surface area contributed by atoms with Gasteiger partial charge in [0, 0.05) is 31.6 Å². The molecule has 0 aliphatic rings. The van der Waals surface area contributed by atoms with Gasteiger partial charge in [0.25, 0.3) is 5.56 Å². The van der Waals surface area contributed by atoms with Crippen LogP contribution in [-0.2, 0) is 13.0 Å². The molecule has 0 aliphatic carbocycles. The van der Waals surface area contributed by atoms with Gasteiger partial charge in [-0.3, -0.25) is 19.3 Å². The third-order valence-corrected chi connectivity index (χ3v) is 3.85. The van der Waals surface area contributed by atoms with Crippen LogP contribution in [0.5, 0.6) is 17.2 Å². The third-order valence-electron chi connectivity index (χ3n) is 3.85. The van der Waals surface area contributed by atoms with Crippen LogP contribution in [0.4, 0.5) is 0 Å². The van der Waals surface area contributed by atoms with Gasteiger partial charge in [-0.25, -0.2) is 4.98 Å². The van der Waals surface area contributed by atoms with Crippen molar-refractivity contribution in [2.45, 2.75) is 13.0 Å². The van der Waals surface area contributed by atoms with Crippen LogP contribution in [0, 0.1) is 0 Å². The Morgan fingerprint density at radius 3 is 2.48 bits per heavy atom. The number of ether oxygens (including phenoxy) is 3. The molecule has 0 fully saturated rings. The number of benzene rings is 1. The molecule has 0 bridgehead atoms. The highest BCUT2D eigenvalue weighted by molar-refractivity contribution is 5.89. The second-order valence-corrected chi connectivity index (χ2v) is 5.23. The van der Waals surface area contributed by atoms with Crippen molar-refractivity contribution in [2.75, 3.05) is 21.3 Å². The van der Waals surface area contributed by atoms with Crippen LogP contribution in [0.15, 0.2) is 35.8 Å². The summed E-state index contributed by atoms with van der Waals surface area (Å²) in [5, 5.41) is 0.399. The number of rotatable bonds is 6. The van der Waals surface area contributed by atoms with E-state index in [1.165, 1.54) is 32.2 Å². The summed E-state index contributed by atoms with van der Waals surface area (Å²) in [7, 11) is 4.51. The first-order valence-electron chi connectivity index (χ1n) is 7.62. The van der Waals surface area contributed by atoms with E-state index in [4.69, 9.17) is 14.2 Å². The highest BCUT2D eigenvalue weighted by Gasteiger charge is 2.19. The topological polar surface area (TPSA) is 88.4 Å². The largest absolute Gasteiger partial charge is 0.493 e. The van der Waals surface area contributed by atoms with Crippen LogP contribution < -0.4 is 19.8 Å². The van der Waals surface area contributed by atoms with Gasteiger partial charge in [0.15, 0.2) is 11.5 Å². The van der Waals surface area contributed by atoms with Gasteiger partial charge in [-0.1, -0.05) is 0 Å². The molecule has 0 N–H and O–H groups in total. The highest BCUT2D eigenvalue weighted by Crippen LogP contribution is 2.41.